The molecule has 3 rings (SSSR count). The van der Waals surface area contributed by atoms with Gasteiger partial charge in [-0.15, -0.1) is 10.2 Å². The average Bonchev–Trinajstić information content (AvgIpc) is 3.17. The second-order valence-corrected chi connectivity index (χ2v) is 7.37. The van der Waals surface area contributed by atoms with Crippen molar-refractivity contribution in [1.82, 2.24) is 15.1 Å². The number of nitrogens with zero attached hydrogens (tertiary/aromatic N) is 3. The van der Waals surface area contributed by atoms with Crippen LogP contribution in [0.4, 0.5) is 5.69 Å². The van der Waals surface area contributed by atoms with Gasteiger partial charge in [0.25, 0.3) is 5.22 Å². The van der Waals surface area contributed by atoms with E-state index in [0.717, 1.165) is 6.42 Å². The Hall–Kier alpha value is -2.06. The summed E-state index contributed by atoms with van der Waals surface area (Å²) in [6.07, 6.45) is 1.42. The molecule has 1 fully saturated rings. The van der Waals surface area contributed by atoms with Crippen LogP contribution < -0.4 is 5.32 Å². The fraction of sp³-hybridized carbons (Fsp3) is 0.375. The van der Waals surface area contributed by atoms with E-state index in [1.54, 1.807) is 36.1 Å². The summed E-state index contributed by atoms with van der Waals surface area (Å²) in [6, 6.07) is 6.94. The molecule has 1 aromatic heterocycles. The highest BCUT2D eigenvalue weighted by molar-refractivity contribution is 8.00. The number of anilines is 1. The Kier molecular flexibility index (Phi) is 5.60. The molecular formula is C16H17ClN4O3S. The normalized spacial score (nSPS) is 15.4. The molecular weight excluding hydrogens is 364 g/mol. The van der Waals surface area contributed by atoms with Gasteiger partial charge in [-0.3, -0.25) is 9.59 Å². The maximum Gasteiger partial charge on any atom is 0.277 e. The lowest BCUT2D eigenvalue weighted by Gasteiger charge is -2.11. The summed E-state index contributed by atoms with van der Waals surface area (Å²) in [5.74, 6) is 0.281. The second-order valence-electron chi connectivity index (χ2n) is 5.64. The molecule has 0 saturated carbocycles. The van der Waals surface area contributed by atoms with Crippen LogP contribution in [0, 0.1) is 0 Å². The quantitative estimate of drug-likeness (QED) is 0.775. The lowest BCUT2D eigenvalue weighted by atomic mass is 10.3. The van der Waals surface area contributed by atoms with Gasteiger partial charge in [0.15, 0.2) is 0 Å². The maximum absolute atomic E-state index is 12.2. The molecule has 1 aliphatic heterocycles. The van der Waals surface area contributed by atoms with E-state index in [1.165, 1.54) is 11.8 Å². The van der Waals surface area contributed by atoms with E-state index in [2.05, 4.69) is 15.5 Å². The zero-order valence-electron chi connectivity index (χ0n) is 13.6. The number of nitrogens with one attached hydrogen (secondary N) is 1. The zero-order valence-corrected chi connectivity index (χ0v) is 15.1. The minimum atomic E-state index is -0.430. The van der Waals surface area contributed by atoms with Crippen LogP contribution in [0.3, 0.4) is 0 Å². The van der Waals surface area contributed by atoms with Gasteiger partial charge in [0, 0.05) is 23.7 Å². The molecule has 2 amide bonds. The van der Waals surface area contributed by atoms with Crippen molar-refractivity contribution in [3.63, 3.8) is 0 Å². The number of carbonyl (C=O) groups is 2. The molecule has 2 heterocycles. The van der Waals surface area contributed by atoms with E-state index in [-0.39, 0.29) is 11.8 Å². The van der Waals surface area contributed by atoms with E-state index in [0.29, 0.717) is 41.3 Å². The number of hydrogen-bond donors (Lipinski definition) is 1. The average molecular weight is 381 g/mol. The third-order valence-electron chi connectivity index (χ3n) is 3.68. The number of amides is 2. The van der Waals surface area contributed by atoms with E-state index in [4.69, 9.17) is 16.0 Å². The first-order valence-corrected chi connectivity index (χ1v) is 9.10. The molecule has 9 heteroatoms. The van der Waals surface area contributed by atoms with Crippen LogP contribution in [0.15, 0.2) is 33.9 Å². The molecule has 0 bridgehead atoms. The molecule has 0 spiro atoms. The molecule has 1 aliphatic rings. The minimum absolute atomic E-state index is 0.0988. The summed E-state index contributed by atoms with van der Waals surface area (Å²) >= 11 is 7.07. The Morgan fingerprint density at radius 1 is 1.48 bits per heavy atom. The van der Waals surface area contributed by atoms with Gasteiger partial charge in [-0.1, -0.05) is 29.4 Å². The predicted molar refractivity (Wildman–Crippen MR) is 94.3 cm³/mol. The number of halogens is 1. The molecule has 1 saturated heterocycles. The Labute approximate surface area is 154 Å². The number of hydrogen-bond acceptors (Lipinski definition) is 6. The summed E-state index contributed by atoms with van der Waals surface area (Å²) in [5, 5.41) is 11.1. The third kappa shape index (κ3) is 4.73. The largest absolute Gasteiger partial charge is 0.414 e. The van der Waals surface area contributed by atoms with Gasteiger partial charge in [-0.2, -0.15) is 0 Å². The van der Waals surface area contributed by atoms with Crippen LogP contribution in [0.1, 0.15) is 25.7 Å². The molecule has 0 aliphatic carbocycles. The van der Waals surface area contributed by atoms with Crippen LogP contribution in [-0.4, -0.2) is 38.7 Å². The van der Waals surface area contributed by atoms with Gasteiger partial charge < -0.3 is 14.6 Å². The predicted octanol–water partition coefficient (Wildman–Crippen LogP) is 2.96. The fourth-order valence-electron chi connectivity index (χ4n) is 2.40. The van der Waals surface area contributed by atoms with Crippen molar-refractivity contribution in [3.05, 3.63) is 35.2 Å². The van der Waals surface area contributed by atoms with Gasteiger partial charge in [-0.25, -0.2) is 0 Å². The van der Waals surface area contributed by atoms with Crippen LogP contribution >= 0.6 is 23.4 Å². The van der Waals surface area contributed by atoms with Gasteiger partial charge in [0.05, 0.1) is 11.8 Å². The Morgan fingerprint density at radius 2 is 2.32 bits per heavy atom. The summed E-state index contributed by atoms with van der Waals surface area (Å²) in [6.45, 7) is 2.77. The second kappa shape index (κ2) is 7.88. The van der Waals surface area contributed by atoms with E-state index < -0.39 is 5.25 Å². The number of thioether (sulfide) groups is 1. The number of likely N-dealkylation sites (tertiary alicyclic amines) is 1. The number of aromatic nitrogens is 2. The van der Waals surface area contributed by atoms with Crippen LogP contribution in [-0.2, 0) is 16.1 Å². The lowest BCUT2D eigenvalue weighted by molar-refractivity contribution is -0.128. The van der Waals surface area contributed by atoms with Crippen molar-refractivity contribution in [2.45, 2.75) is 36.8 Å². The summed E-state index contributed by atoms with van der Waals surface area (Å²) in [4.78, 5) is 25.5. The molecule has 25 heavy (non-hydrogen) atoms. The highest BCUT2D eigenvalue weighted by Gasteiger charge is 2.23. The van der Waals surface area contributed by atoms with Crippen LogP contribution in [0.25, 0.3) is 0 Å². The maximum atomic E-state index is 12.2. The highest BCUT2D eigenvalue weighted by Crippen LogP contribution is 2.24. The molecule has 7 nitrogen and oxygen atoms in total. The Balaban J connectivity index is 1.54. The van der Waals surface area contributed by atoms with Crippen LogP contribution in [0.5, 0.6) is 0 Å². The van der Waals surface area contributed by atoms with Crippen molar-refractivity contribution in [3.8, 4) is 0 Å². The molecule has 0 radical (unpaired) electrons. The zero-order chi connectivity index (χ0) is 17.8. The van der Waals surface area contributed by atoms with Crippen molar-refractivity contribution < 1.29 is 14.0 Å². The minimum Gasteiger partial charge on any atom is -0.414 e. The van der Waals surface area contributed by atoms with E-state index >= 15 is 0 Å². The van der Waals surface area contributed by atoms with Crippen molar-refractivity contribution in [2.75, 3.05) is 11.9 Å². The number of rotatable bonds is 6. The first-order chi connectivity index (χ1) is 12.0. The number of benzene rings is 1. The molecule has 132 valence electrons. The first kappa shape index (κ1) is 17.8. The topological polar surface area (TPSA) is 88.3 Å². The lowest BCUT2D eigenvalue weighted by Crippen LogP contribution is -2.23. The standard InChI is InChI=1S/C16H17ClN4O3S/c1-10(15(23)18-12-5-2-4-11(17)8-12)25-16-20-19-13(24-16)9-21-7-3-6-14(21)22/h2,4-5,8,10H,3,6-7,9H2,1H3,(H,18,23). The molecule has 1 N–H and O–H groups in total. The molecule has 2 aromatic rings. The van der Waals surface area contributed by atoms with Crippen molar-refractivity contribution >= 4 is 40.9 Å². The van der Waals surface area contributed by atoms with E-state index in [9.17, 15) is 9.59 Å². The summed E-state index contributed by atoms with van der Waals surface area (Å²) < 4.78 is 5.53. The summed E-state index contributed by atoms with van der Waals surface area (Å²) in [7, 11) is 0. The van der Waals surface area contributed by atoms with Crippen molar-refractivity contribution in [2.24, 2.45) is 0 Å². The Bertz CT molecular complexity index is 782. The van der Waals surface area contributed by atoms with Gasteiger partial charge in [0.2, 0.25) is 17.7 Å². The van der Waals surface area contributed by atoms with Crippen molar-refractivity contribution in [1.29, 1.82) is 0 Å². The molecule has 1 unspecified atom stereocenters. The number of carbonyl (C=O) groups excluding carboxylic acids is 2. The monoisotopic (exact) mass is 380 g/mol. The van der Waals surface area contributed by atoms with Gasteiger partial charge in [0.1, 0.15) is 0 Å². The first-order valence-electron chi connectivity index (χ1n) is 7.84. The molecule has 1 atom stereocenters. The smallest absolute Gasteiger partial charge is 0.277 e. The third-order valence-corrected chi connectivity index (χ3v) is 4.85. The van der Waals surface area contributed by atoms with Gasteiger partial charge >= 0.3 is 0 Å². The fourth-order valence-corrected chi connectivity index (χ4v) is 3.29. The highest BCUT2D eigenvalue weighted by atomic mass is 35.5. The Morgan fingerprint density at radius 3 is 3.04 bits per heavy atom. The summed E-state index contributed by atoms with van der Waals surface area (Å²) in [5.41, 5.74) is 0.628. The SMILES string of the molecule is CC(Sc1nnc(CN2CCCC2=O)o1)C(=O)Nc1cccc(Cl)c1. The van der Waals surface area contributed by atoms with Gasteiger partial charge in [-0.05, 0) is 31.5 Å². The van der Waals surface area contributed by atoms with E-state index in [1.807, 2.05) is 0 Å². The van der Waals surface area contributed by atoms with Crippen LogP contribution in [0.2, 0.25) is 5.02 Å². The molecule has 1 aromatic carbocycles.